The quantitative estimate of drug-likeness (QED) is 0.775. The molecule has 0 bridgehead atoms. The molecule has 0 spiro atoms. The third-order valence-corrected chi connectivity index (χ3v) is 4.20. The van der Waals surface area contributed by atoms with E-state index in [4.69, 9.17) is 0 Å². The third kappa shape index (κ3) is 3.03. The topological polar surface area (TPSA) is 58.2 Å². The fourth-order valence-electron chi connectivity index (χ4n) is 3.10. The summed E-state index contributed by atoms with van der Waals surface area (Å²) in [5.41, 5.74) is 0. The number of carbonyl (C=O) groups is 2. The normalized spacial score (nSPS) is 30.8. The maximum atomic E-state index is 12.1. The number of carbonyl (C=O) groups excluding carboxylic acids is 2. The number of fused-ring (bicyclic) bond motifs is 1. The first-order valence-corrected chi connectivity index (χ1v) is 7.03. The van der Waals surface area contributed by atoms with Crippen LogP contribution in [0.5, 0.6) is 0 Å². The number of hydrogen-bond acceptors (Lipinski definition) is 2. The molecule has 2 rings (SSSR count). The highest BCUT2D eigenvalue weighted by Gasteiger charge is 2.48. The van der Waals surface area contributed by atoms with E-state index >= 15 is 0 Å². The Hall–Kier alpha value is -1.06. The molecule has 3 atom stereocenters. The summed E-state index contributed by atoms with van der Waals surface area (Å²) >= 11 is 0. The highest BCUT2D eigenvalue weighted by molar-refractivity contribution is 5.88. The van der Waals surface area contributed by atoms with Crippen molar-refractivity contribution in [1.29, 1.82) is 0 Å². The van der Waals surface area contributed by atoms with Crippen LogP contribution >= 0.6 is 0 Å². The molecule has 0 aromatic carbocycles. The van der Waals surface area contributed by atoms with Crippen LogP contribution in [0.1, 0.15) is 39.5 Å². The fraction of sp³-hybridized carbons (Fsp3) is 0.857. The summed E-state index contributed by atoms with van der Waals surface area (Å²) in [5, 5.41) is 5.56. The van der Waals surface area contributed by atoms with Gasteiger partial charge in [-0.2, -0.15) is 0 Å². The van der Waals surface area contributed by atoms with Crippen molar-refractivity contribution in [3.05, 3.63) is 0 Å². The summed E-state index contributed by atoms with van der Waals surface area (Å²) in [4.78, 5) is 23.9. The van der Waals surface area contributed by atoms with Crippen LogP contribution < -0.4 is 10.6 Å². The van der Waals surface area contributed by atoms with Crippen LogP contribution in [-0.4, -0.2) is 24.9 Å². The minimum absolute atomic E-state index is 0.0800. The number of amides is 2. The van der Waals surface area contributed by atoms with Gasteiger partial charge in [-0.1, -0.05) is 13.8 Å². The Labute approximate surface area is 109 Å². The molecule has 2 aliphatic carbocycles. The Balaban J connectivity index is 1.86. The highest BCUT2D eigenvalue weighted by Crippen LogP contribution is 2.54. The monoisotopic (exact) mass is 252 g/mol. The molecule has 4 heteroatoms. The lowest BCUT2D eigenvalue weighted by atomic mass is 9.99. The van der Waals surface area contributed by atoms with Crippen LogP contribution in [0.3, 0.4) is 0 Å². The SMILES string of the molecule is CNC(=O)C(CC(C)C)NC(=O)C1CC2CC2C1. The van der Waals surface area contributed by atoms with Gasteiger partial charge in [-0.15, -0.1) is 0 Å². The lowest BCUT2D eigenvalue weighted by molar-refractivity contribution is -0.131. The molecule has 4 nitrogen and oxygen atoms in total. The van der Waals surface area contributed by atoms with Gasteiger partial charge in [0.25, 0.3) is 0 Å². The average molecular weight is 252 g/mol. The highest BCUT2D eigenvalue weighted by atomic mass is 16.2. The Bertz CT molecular complexity index is 331. The molecule has 0 aliphatic heterocycles. The summed E-state index contributed by atoms with van der Waals surface area (Å²) in [6, 6.07) is -0.376. The van der Waals surface area contributed by atoms with Gasteiger partial charge in [-0.25, -0.2) is 0 Å². The standard InChI is InChI=1S/C14H24N2O2/c1-8(2)4-12(14(18)15-3)16-13(17)11-6-9-5-10(9)7-11/h8-12H,4-7H2,1-3H3,(H,15,18)(H,16,17). The van der Waals surface area contributed by atoms with E-state index < -0.39 is 0 Å². The molecule has 18 heavy (non-hydrogen) atoms. The molecule has 2 saturated carbocycles. The second-order valence-electron chi connectivity index (χ2n) is 6.23. The predicted molar refractivity (Wildman–Crippen MR) is 69.8 cm³/mol. The zero-order valence-electron chi connectivity index (χ0n) is 11.5. The van der Waals surface area contributed by atoms with Crippen molar-refractivity contribution in [3.8, 4) is 0 Å². The minimum atomic E-state index is -0.376. The predicted octanol–water partition coefficient (Wildman–Crippen LogP) is 1.31. The van der Waals surface area contributed by atoms with E-state index in [1.807, 2.05) is 0 Å². The van der Waals surface area contributed by atoms with E-state index in [0.717, 1.165) is 24.7 Å². The first-order chi connectivity index (χ1) is 8.51. The molecule has 0 aromatic heterocycles. The van der Waals surface area contributed by atoms with E-state index in [2.05, 4.69) is 24.5 Å². The van der Waals surface area contributed by atoms with Crippen molar-refractivity contribution in [2.75, 3.05) is 7.05 Å². The van der Waals surface area contributed by atoms with Crippen LogP contribution in [0.4, 0.5) is 0 Å². The van der Waals surface area contributed by atoms with Crippen molar-refractivity contribution in [1.82, 2.24) is 10.6 Å². The van der Waals surface area contributed by atoms with Gasteiger partial charge >= 0.3 is 0 Å². The van der Waals surface area contributed by atoms with Gasteiger partial charge in [-0.3, -0.25) is 9.59 Å². The van der Waals surface area contributed by atoms with Crippen LogP contribution in [0.2, 0.25) is 0 Å². The summed E-state index contributed by atoms with van der Waals surface area (Å²) in [5.74, 6) is 2.13. The lowest BCUT2D eigenvalue weighted by Crippen LogP contribution is -2.48. The molecule has 2 amide bonds. The first-order valence-electron chi connectivity index (χ1n) is 7.03. The Morgan fingerprint density at radius 1 is 1.17 bits per heavy atom. The zero-order chi connectivity index (χ0) is 13.3. The third-order valence-electron chi connectivity index (χ3n) is 4.20. The van der Waals surface area contributed by atoms with Crippen molar-refractivity contribution < 1.29 is 9.59 Å². The van der Waals surface area contributed by atoms with Crippen LogP contribution in [0.25, 0.3) is 0 Å². The zero-order valence-corrected chi connectivity index (χ0v) is 11.5. The van der Waals surface area contributed by atoms with E-state index in [-0.39, 0.29) is 23.8 Å². The largest absolute Gasteiger partial charge is 0.357 e. The maximum absolute atomic E-state index is 12.1. The summed E-state index contributed by atoms with van der Waals surface area (Å²) in [6.45, 7) is 4.12. The number of rotatable bonds is 5. The molecular formula is C14H24N2O2. The fourth-order valence-corrected chi connectivity index (χ4v) is 3.10. The number of nitrogens with one attached hydrogen (secondary N) is 2. The lowest BCUT2D eigenvalue weighted by Gasteiger charge is -2.21. The van der Waals surface area contributed by atoms with Crippen LogP contribution in [0, 0.1) is 23.7 Å². The molecular weight excluding hydrogens is 228 g/mol. The summed E-state index contributed by atoms with van der Waals surface area (Å²) < 4.78 is 0. The van der Waals surface area contributed by atoms with Crippen molar-refractivity contribution in [2.45, 2.75) is 45.6 Å². The summed E-state index contributed by atoms with van der Waals surface area (Å²) in [6.07, 6.45) is 4.07. The van der Waals surface area contributed by atoms with Crippen LogP contribution in [0.15, 0.2) is 0 Å². The molecule has 0 aromatic rings. The molecule has 2 N–H and O–H groups in total. The van der Waals surface area contributed by atoms with Gasteiger partial charge in [0.2, 0.25) is 11.8 Å². The molecule has 3 unspecified atom stereocenters. The Kier molecular flexibility index (Phi) is 3.93. The maximum Gasteiger partial charge on any atom is 0.242 e. The van der Waals surface area contributed by atoms with E-state index in [1.165, 1.54) is 6.42 Å². The van der Waals surface area contributed by atoms with Gasteiger partial charge in [0.15, 0.2) is 0 Å². The molecule has 0 saturated heterocycles. The number of likely N-dealkylation sites (N-methyl/N-ethyl adjacent to an activating group) is 1. The van der Waals surface area contributed by atoms with Gasteiger partial charge in [0.1, 0.15) is 6.04 Å². The Morgan fingerprint density at radius 2 is 1.78 bits per heavy atom. The molecule has 2 aliphatic rings. The Morgan fingerprint density at radius 3 is 2.28 bits per heavy atom. The van der Waals surface area contributed by atoms with Gasteiger partial charge in [0.05, 0.1) is 0 Å². The molecule has 2 fully saturated rings. The van der Waals surface area contributed by atoms with Crippen molar-refractivity contribution >= 4 is 11.8 Å². The van der Waals surface area contributed by atoms with Gasteiger partial charge in [-0.05, 0) is 43.4 Å². The molecule has 0 radical (unpaired) electrons. The molecule has 0 heterocycles. The smallest absolute Gasteiger partial charge is 0.242 e. The average Bonchev–Trinajstić information content (AvgIpc) is 2.93. The van der Waals surface area contributed by atoms with E-state index in [0.29, 0.717) is 12.3 Å². The molecule has 102 valence electrons. The minimum Gasteiger partial charge on any atom is -0.357 e. The van der Waals surface area contributed by atoms with E-state index in [1.54, 1.807) is 7.05 Å². The van der Waals surface area contributed by atoms with Gasteiger partial charge in [0, 0.05) is 13.0 Å². The van der Waals surface area contributed by atoms with E-state index in [9.17, 15) is 9.59 Å². The van der Waals surface area contributed by atoms with Crippen molar-refractivity contribution in [2.24, 2.45) is 23.7 Å². The number of hydrogen-bond donors (Lipinski definition) is 2. The van der Waals surface area contributed by atoms with Crippen LogP contribution in [-0.2, 0) is 9.59 Å². The summed E-state index contributed by atoms with van der Waals surface area (Å²) in [7, 11) is 1.62. The van der Waals surface area contributed by atoms with Crippen molar-refractivity contribution in [3.63, 3.8) is 0 Å². The second kappa shape index (κ2) is 5.29. The van der Waals surface area contributed by atoms with Gasteiger partial charge < -0.3 is 10.6 Å². The second-order valence-corrected chi connectivity index (χ2v) is 6.23. The first kappa shape index (κ1) is 13.4.